The maximum absolute atomic E-state index is 14.7. The Balaban J connectivity index is 1.65. The van der Waals surface area contributed by atoms with Crippen LogP contribution in [0.2, 0.25) is 5.02 Å². The van der Waals surface area contributed by atoms with E-state index in [4.69, 9.17) is 25.9 Å². The second-order valence-electron chi connectivity index (χ2n) is 15.6. The van der Waals surface area contributed by atoms with Crippen LogP contribution in [-0.4, -0.2) is 78.2 Å². The molecule has 1 aliphatic carbocycles. The van der Waals surface area contributed by atoms with Gasteiger partial charge in [0, 0.05) is 49.7 Å². The Morgan fingerprint density at radius 2 is 1.71 bits per heavy atom. The third-order valence-corrected chi connectivity index (χ3v) is 10.9. The van der Waals surface area contributed by atoms with E-state index in [2.05, 4.69) is 10.5 Å². The van der Waals surface area contributed by atoms with E-state index in [1.54, 1.807) is 19.1 Å². The Morgan fingerprint density at radius 1 is 1.04 bits per heavy atom. The molecule has 51 heavy (non-hydrogen) atoms. The van der Waals surface area contributed by atoms with Gasteiger partial charge in [-0.05, 0) is 36.7 Å². The van der Waals surface area contributed by atoms with Gasteiger partial charge in [0.15, 0.2) is 17.2 Å². The van der Waals surface area contributed by atoms with Crippen molar-refractivity contribution >= 4 is 46.5 Å². The Kier molecular flexibility index (Phi) is 13.7. The van der Waals surface area contributed by atoms with E-state index in [1.807, 2.05) is 27.7 Å². The largest absolute Gasteiger partial charge is 0.496 e. The van der Waals surface area contributed by atoms with Crippen LogP contribution in [0.5, 0.6) is 11.5 Å². The Labute approximate surface area is 307 Å². The number of halogens is 1. The maximum Gasteiger partial charge on any atom is 0.246 e. The lowest BCUT2D eigenvalue weighted by Gasteiger charge is -2.36. The first-order valence-electron chi connectivity index (χ1n) is 18.5. The summed E-state index contributed by atoms with van der Waals surface area (Å²) in [7, 11) is 3.03. The number of benzene rings is 1. The van der Waals surface area contributed by atoms with Gasteiger partial charge in [0.1, 0.15) is 17.5 Å². The van der Waals surface area contributed by atoms with Gasteiger partial charge in [-0.3, -0.25) is 24.0 Å². The van der Waals surface area contributed by atoms with Gasteiger partial charge in [-0.15, -0.1) is 0 Å². The van der Waals surface area contributed by atoms with E-state index < -0.39 is 46.5 Å². The molecule has 2 amide bonds. The maximum atomic E-state index is 14.7. The van der Waals surface area contributed by atoms with E-state index in [9.17, 15) is 24.0 Å². The molecule has 4 rings (SSSR count). The van der Waals surface area contributed by atoms with E-state index in [1.165, 1.54) is 32.0 Å². The van der Waals surface area contributed by atoms with Crippen molar-refractivity contribution in [2.24, 2.45) is 22.4 Å². The number of carbonyl (C=O) groups excluding carboxylic acids is 5. The fourth-order valence-electron chi connectivity index (χ4n) is 7.73. The number of rotatable bonds is 15. The van der Waals surface area contributed by atoms with Crippen molar-refractivity contribution in [3.05, 3.63) is 22.7 Å². The van der Waals surface area contributed by atoms with Crippen LogP contribution in [0.15, 0.2) is 17.3 Å². The fraction of sp³-hybridized carbons (Fsp3) is 0.692. The summed E-state index contributed by atoms with van der Waals surface area (Å²) >= 11 is 6.48. The molecule has 0 aromatic heterocycles. The van der Waals surface area contributed by atoms with Crippen molar-refractivity contribution in [2.45, 2.75) is 136 Å². The minimum Gasteiger partial charge on any atom is -0.496 e. The quantitative estimate of drug-likeness (QED) is 0.157. The summed E-state index contributed by atoms with van der Waals surface area (Å²) < 4.78 is 11.0. The summed E-state index contributed by atoms with van der Waals surface area (Å²) in [5, 5.41) is 7.83. The predicted octanol–water partition coefficient (Wildman–Crippen LogP) is 6.64. The van der Waals surface area contributed by atoms with Crippen LogP contribution in [-0.2, 0) is 28.8 Å². The van der Waals surface area contributed by atoms with Crippen LogP contribution in [0.25, 0.3) is 0 Å². The standard InChI is InChI=1S/C39H56ClN3O8/c1-8-14-25(35(47)30(44)9-2)18-31(45)29-22-39(21-28(42-51-39)26-19-27(40)33(50-7)20-32(26)49-6)23-43(29)37(48)36(38(3,4)5)41-34(46)17-24-15-12-10-11-13-16-24/h19-20,24-25,29,36H,8-18,21-23H2,1-7H3,(H,41,46)/t25-,29+,36-,39-/m1/s1. The zero-order valence-electron chi connectivity index (χ0n) is 31.4. The average molecular weight is 730 g/mol. The monoisotopic (exact) mass is 729 g/mol. The molecule has 1 saturated heterocycles. The van der Waals surface area contributed by atoms with Crippen molar-refractivity contribution in [1.82, 2.24) is 10.2 Å². The summed E-state index contributed by atoms with van der Waals surface area (Å²) in [6.45, 7) is 9.24. The SMILES string of the molecule is CCC[C@H](CC(=O)[C@@H]1C[C@]2(CC(c3cc(Cl)c(OC)cc3OC)=NO2)CN1C(=O)[C@@H](NC(=O)CC1CCCCCC1)C(C)(C)C)C(=O)C(=O)CC. The molecule has 3 aliphatic rings. The highest BCUT2D eigenvalue weighted by atomic mass is 35.5. The van der Waals surface area contributed by atoms with Crippen LogP contribution in [0.3, 0.4) is 0 Å². The molecule has 1 spiro atoms. The number of amides is 2. The molecule has 0 radical (unpaired) electrons. The Bertz CT molecular complexity index is 1500. The summed E-state index contributed by atoms with van der Waals surface area (Å²) in [6.07, 6.45) is 8.15. The number of nitrogens with one attached hydrogen (secondary N) is 1. The summed E-state index contributed by atoms with van der Waals surface area (Å²) in [5.74, 6) is -1.55. The molecule has 2 fully saturated rings. The molecule has 282 valence electrons. The lowest BCUT2D eigenvalue weighted by atomic mass is 9.84. The van der Waals surface area contributed by atoms with Gasteiger partial charge >= 0.3 is 0 Å². The van der Waals surface area contributed by atoms with Gasteiger partial charge in [-0.2, -0.15) is 0 Å². The predicted molar refractivity (Wildman–Crippen MR) is 195 cm³/mol. The van der Waals surface area contributed by atoms with Crippen LogP contribution in [0.4, 0.5) is 0 Å². The number of ether oxygens (including phenoxy) is 2. The summed E-state index contributed by atoms with van der Waals surface area (Å²) in [5.41, 5.74) is -0.607. The van der Waals surface area contributed by atoms with Crippen molar-refractivity contribution < 1.29 is 38.3 Å². The number of nitrogens with zero attached hydrogens (tertiary/aromatic N) is 2. The van der Waals surface area contributed by atoms with Gasteiger partial charge in [0.2, 0.25) is 17.6 Å². The first kappa shape index (κ1) is 40.3. The number of ketones is 3. The fourth-order valence-corrected chi connectivity index (χ4v) is 7.97. The Morgan fingerprint density at radius 3 is 2.29 bits per heavy atom. The van der Waals surface area contributed by atoms with Gasteiger partial charge < -0.3 is 24.5 Å². The molecule has 1 saturated carbocycles. The number of likely N-dealkylation sites (tertiary alicyclic amines) is 1. The Hall–Kier alpha value is -3.47. The molecule has 2 aliphatic heterocycles. The lowest BCUT2D eigenvalue weighted by Crippen LogP contribution is -2.57. The molecular formula is C39H56ClN3O8. The molecule has 12 heteroatoms. The van der Waals surface area contributed by atoms with E-state index in [-0.39, 0.29) is 49.8 Å². The van der Waals surface area contributed by atoms with Crippen molar-refractivity contribution in [3.8, 4) is 11.5 Å². The normalized spacial score (nSPS) is 22.1. The number of hydrogen-bond donors (Lipinski definition) is 1. The first-order chi connectivity index (χ1) is 24.2. The number of Topliss-reactive ketones (excluding diaryl/α,β-unsaturated/α-hetero) is 3. The first-order valence-corrected chi connectivity index (χ1v) is 18.9. The van der Waals surface area contributed by atoms with Crippen molar-refractivity contribution in [1.29, 1.82) is 0 Å². The van der Waals surface area contributed by atoms with Gasteiger partial charge in [0.05, 0.1) is 37.5 Å². The van der Waals surface area contributed by atoms with E-state index in [0.29, 0.717) is 47.1 Å². The van der Waals surface area contributed by atoms with E-state index >= 15 is 0 Å². The summed E-state index contributed by atoms with van der Waals surface area (Å²) in [4.78, 5) is 75.6. The molecule has 0 unspecified atom stereocenters. The highest BCUT2D eigenvalue weighted by molar-refractivity contribution is 6.38. The number of hydrogen-bond acceptors (Lipinski definition) is 9. The molecule has 1 N–H and O–H groups in total. The molecule has 2 heterocycles. The smallest absolute Gasteiger partial charge is 0.246 e. The van der Waals surface area contributed by atoms with Crippen molar-refractivity contribution in [3.63, 3.8) is 0 Å². The lowest BCUT2D eigenvalue weighted by molar-refractivity contribution is -0.145. The number of oxime groups is 1. The minimum atomic E-state index is -1.06. The molecule has 4 atom stereocenters. The molecule has 0 bridgehead atoms. The second kappa shape index (κ2) is 17.4. The third-order valence-electron chi connectivity index (χ3n) is 10.6. The number of methoxy groups -OCH3 is 2. The molecular weight excluding hydrogens is 674 g/mol. The molecule has 11 nitrogen and oxygen atoms in total. The van der Waals surface area contributed by atoms with Crippen LogP contribution < -0.4 is 14.8 Å². The van der Waals surface area contributed by atoms with Gasteiger partial charge in [0.25, 0.3) is 0 Å². The average Bonchev–Trinajstić information content (AvgIpc) is 3.59. The van der Waals surface area contributed by atoms with Crippen LogP contribution in [0, 0.1) is 17.3 Å². The zero-order chi connectivity index (χ0) is 37.5. The highest BCUT2D eigenvalue weighted by Crippen LogP contribution is 2.43. The third kappa shape index (κ3) is 9.70. The van der Waals surface area contributed by atoms with Gasteiger partial charge in [-0.1, -0.05) is 83.5 Å². The topological polar surface area (TPSA) is 141 Å². The zero-order valence-corrected chi connectivity index (χ0v) is 32.2. The highest BCUT2D eigenvalue weighted by Gasteiger charge is 2.55. The second-order valence-corrected chi connectivity index (χ2v) is 16.0. The molecule has 1 aromatic carbocycles. The van der Waals surface area contributed by atoms with E-state index in [0.717, 1.165) is 25.7 Å². The molecule has 1 aromatic rings. The summed E-state index contributed by atoms with van der Waals surface area (Å²) in [6, 6.07) is 1.47. The van der Waals surface area contributed by atoms with Crippen LogP contribution in [0.1, 0.15) is 124 Å². The number of carbonyl (C=O) groups is 5. The van der Waals surface area contributed by atoms with Gasteiger partial charge in [-0.25, -0.2) is 0 Å². The van der Waals surface area contributed by atoms with Crippen molar-refractivity contribution in [2.75, 3.05) is 20.8 Å². The minimum absolute atomic E-state index is 0.0345. The van der Waals surface area contributed by atoms with Crippen LogP contribution >= 0.6 is 11.6 Å².